The zero-order valence-electron chi connectivity index (χ0n) is 29.8. The van der Waals surface area contributed by atoms with Crippen LogP contribution in [0.25, 0.3) is 0 Å². The number of nitrogens with zero attached hydrogens (tertiary/aromatic N) is 2. The first-order valence-corrected chi connectivity index (χ1v) is 16.4. The molecular formula is C39H40N4O10. The maximum atomic E-state index is 12.5. The summed E-state index contributed by atoms with van der Waals surface area (Å²) in [5, 5.41) is 7.98. The Balaban J connectivity index is 1.13. The fourth-order valence-electron chi connectivity index (χ4n) is 4.69. The SMILES string of the molecule is COc1ccc(C(=O)Oc2ccc(/C=N/NC(=O)CCCCCC(=O)N/N=C/c3ccc(OC(=O)c4ccc(OC)cc4)c(OC)c3)cc2OC)cc1. The minimum Gasteiger partial charge on any atom is -0.497 e. The van der Waals surface area contributed by atoms with Crippen LogP contribution in [0, 0.1) is 0 Å². The molecule has 0 saturated carbocycles. The van der Waals surface area contributed by atoms with Gasteiger partial charge in [0.25, 0.3) is 0 Å². The van der Waals surface area contributed by atoms with E-state index in [9.17, 15) is 19.2 Å². The Hall–Kier alpha value is -6.70. The molecule has 4 aromatic carbocycles. The highest BCUT2D eigenvalue weighted by molar-refractivity contribution is 5.92. The number of hydrazone groups is 2. The summed E-state index contributed by atoms with van der Waals surface area (Å²) in [7, 11) is 5.98. The Kier molecular flexibility index (Phi) is 14.9. The van der Waals surface area contributed by atoms with Crippen LogP contribution < -0.4 is 39.3 Å². The average Bonchev–Trinajstić information content (AvgIpc) is 3.18. The Morgan fingerprint density at radius 1 is 0.509 bits per heavy atom. The number of esters is 2. The number of unbranched alkanes of at least 4 members (excludes halogenated alkanes) is 2. The van der Waals surface area contributed by atoms with Crippen molar-refractivity contribution in [3.8, 4) is 34.5 Å². The van der Waals surface area contributed by atoms with E-state index in [-0.39, 0.29) is 36.2 Å². The lowest BCUT2D eigenvalue weighted by atomic mass is 10.1. The average molecular weight is 725 g/mol. The number of nitrogens with one attached hydrogen (secondary N) is 2. The van der Waals surface area contributed by atoms with Crippen LogP contribution >= 0.6 is 0 Å². The maximum Gasteiger partial charge on any atom is 0.343 e. The van der Waals surface area contributed by atoms with Crippen molar-refractivity contribution in [3.05, 3.63) is 107 Å². The first kappa shape index (κ1) is 39.1. The fraction of sp³-hybridized carbons (Fsp3) is 0.231. The molecule has 0 saturated heterocycles. The summed E-state index contributed by atoms with van der Waals surface area (Å²) in [4.78, 5) is 49.5. The number of methoxy groups -OCH3 is 4. The van der Waals surface area contributed by atoms with E-state index in [4.69, 9.17) is 28.4 Å². The van der Waals surface area contributed by atoms with Crippen molar-refractivity contribution in [2.75, 3.05) is 28.4 Å². The van der Waals surface area contributed by atoms with Gasteiger partial charge in [0.05, 0.1) is 52.0 Å². The fourth-order valence-corrected chi connectivity index (χ4v) is 4.69. The minimum atomic E-state index is -0.553. The van der Waals surface area contributed by atoms with Crippen molar-refractivity contribution >= 4 is 36.2 Å². The van der Waals surface area contributed by atoms with Gasteiger partial charge in [-0.3, -0.25) is 9.59 Å². The van der Waals surface area contributed by atoms with Crippen LogP contribution in [0.5, 0.6) is 34.5 Å². The highest BCUT2D eigenvalue weighted by Gasteiger charge is 2.15. The molecule has 14 heteroatoms. The van der Waals surface area contributed by atoms with Gasteiger partial charge in [-0.15, -0.1) is 0 Å². The smallest absolute Gasteiger partial charge is 0.343 e. The van der Waals surface area contributed by atoms with Crippen LogP contribution in [0.4, 0.5) is 0 Å². The van der Waals surface area contributed by atoms with Crippen LogP contribution in [0.3, 0.4) is 0 Å². The second-order valence-electron chi connectivity index (χ2n) is 11.2. The Bertz CT molecular complexity index is 1790. The standard InChI is InChI=1S/C39H40N4O10/c1-48-30-16-12-28(13-17-30)38(46)52-32-20-10-26(22-34(32)50-3)24-40-42-36(44)8-6-5-7-9-37(45)43-41-25-27-11-21-33(35(23-27)51-4)53-39(47)29-14-18-31(49-2)19-15-29/h10-25H,5-9H2,1-4H3,(H,42,44)(H,43,45)/b40-24+,41-25+. The lowest BCUT2D eigenvalue weighted by Gasteiger charge is -2.10. The highest BCUT2D eigenvalue weighted by atomic mass is 16.6. The van der Waals surface area contributed by atoms with Gasteiger partial charge in [0.2, 0.25) is 11.8 Å². The van der Waals surface area contributed by atoms with E-state index in [0.717, 1.165) is 0 Å². The van der Waals surface area contributed by atoms with E-state index < -0.39 is 11.9 Å². The van der Waals surface area contributed by atoms with E-state index in [2.05, 4.69) is 21.1 Å². The third-order valence-corrected chi connectivity index (χ3v) is 7.55. The molecule has 0 aliphatic rings. The summed E-state index contributed by atoms with van der Waals surface area (Å²) in [5.74, 6) is 0.681. The van der Waals surface area contributed by atoms with Gasteiger partial charge in [0.15, 0.2) is 23.0 Å². The molecule has 0 heterocycles. The molecule has 0 aliphatic heterocycles. The van der Waals surface area contributed by atoms with Crippen molar-refractivity contribution in [1.29, 1.82) is 0 Å². The van der Waals surface area contributed by atoms with E-state index in [0.29, 0.717) is 64.5 Å². The summed E-state index contributed by atoms with van der Waals surface area (Å²) in [6.45, 7) is 0. The first-order chi connectivity index (χ1) is 25.7. The summed E-state index contributed by atoms with van der Waals surface area (Å²) < 4.78 is 31.9. The van der Waals surface area contributed by atoms with Gasteiger partial charge in [0, 0.05) is 12.8 Å². The van der Waals surface area contributed by atoms with Crippen LogP contribution in [0.1, 0.15) is 63.9 Å². The van der Waals surface area contributed by atoms with Gasteiger partial charge < -0.3 is 28.4 Å². The number of carbonyl (C=O) groups is 4. The van der Waals surface area contributed by atoms with E-state index in [1.807, 2.05) is 0 Å². The van der Waals surface area contributed by atoms with Gasteiger partial charge in [-0.25, -0.2) is 20.4 Å². The summed E-state index contributed by atoms with van der Waals surface area (Å²) in [6, 6.07) is 22.8. The number of hydrogen-bond donors (Lipinski definition) is 2. The summed E-state index contributed by atoms with van der Waals surface area (Å²) >= 11 is 0. The zero-order valence-corrected chi connectivity index (χ0v) is 29.8. The van der Waals surface area contributed by atoms with Crippen LogP contribution in [-0.2, 0) is 9.59 Å². The van der Waals surface area contributed by atoms with E-state index in [1.165, 1.54) is 40.9 Å². The van der Waals surface area contributed by atoms with Crippen molar-refractivity contribution in [1.82, 2.24) is 10.9 Å². The topological polar surface area (TPSA) is 172 Å². The van der Waals surface area contributed by atoms with Crippen molar-refractivity contribution in [2.24, 2.45) is 10.2 Å². The second-order valence-corrected chi connectivity index (χ2v) is 11.2. The minimum absolute atomic E-state index is 0.230. The first-order valence-electron chi connectivity index (χ1n) is 16.4. The second kappa shape index (κ2) is 20.2. The Labute approximate surface area is 306 Å². The quantitative estimate of drug-likeness (QED) is 0.0426. The number of rotatable bonds is 18. The van der Waals surface area contributed by atoms with Gasteiger partial charge >= 0.3 is 11.9 Å². The molecule has 2 amide bonds. The molecule has 0 unspecified atom stereocenters. The largest absolute Gasteiger partial charge is 0.497 e. The Morgan fingerprint density at radius 2 is 0.906 bits per heavy atom. The molecule has 0 radical (unpaired) electrons. The number of carbonyl (C=O) groups excluding carboxylic acids is 4. The van der Waals surface area contributed by atoms with E-state index in [1.54, 1.807) is 84.9 Å². The molecule has 0 bridgehead atoms. The third-order valence-electron chi connectivity index (χ3n) is 7.55. The molecule has 0 aromatic heterocycles. The normalized spacial score (nSPS) is 10.8. The molecular weight excluding hydrogens is 684 g/mol. The molecule has 4 aromatic rings. The summed E-state index contributed by atoms with van der Waals surface area (Å²) in [6.07, 6.45) is 5.13. The molecule has 2 N–H and O–H groups in total. The van der Waals surface area contributed by atoms with Gasteiger partial charge in [-0.05, 0) is 109 Å². The number of amides is 2. The lowest BCUT2D eigenvalue weighted by Crippen LogP contribution is -2.18. The van der Waals surface area contributed by atoms with Gasteiger partial charge in [0.1, 0.15) is 11.5 Å². The number of hydrogen-bond acceptors (Lipinski definition) is 12. The lowest BCUT2D eigenvalue weighted by molar-refractivity contribution is -0.121. The van der Waals surface area contributed by atoms with Crippen LogP contribution in [0.15, 0.2) is 95.1 Å². The zero-order chi connectivity index (χ0) is 38.0. The molecule has 53 heavy (non-hydrogen) atoms. The van der Waals surface area contributed by atoms with Crippen molar-refractivity contribution in [3.63, 3.8) is 0 Å². The maximum absolute atomic E-state index is 12.5. The number of ether oxygens (including phenoxy) is 6. The highest BCUT2D eigenvalue weighted by Crippen LogP contribution is 2.30. The predicted octanol–water partition coefficient (Wildman–Crippen LogP) is 5.71. The number of benzene rings is 4. The van der Waals surface area contributed by atoms with Crippen LogP contribution in [0.2, 0.25) is 0 Å². The molecule has 4 rings (SSSR count). The van der Waals surface area contributed by atoms with Crippen LogP contribution in [-0.4, -0.2) is 64.6 Å². The molecule has 0 spiro atoms. The molecule has 14 nitrogen and oxygen atoms in total. The predicted molar refractivity (Wildman–Crippen MR) is 196 cm³/mol. The molecule has 0 aliphatic carbocycles. The van der Waals surface area contributed by atoms with Crippen molar-refractivity contribution < 1.29 is 47.6 Å². The molecule has 276 valence electrons. The Morgan fingerprint density at radius 3 is 1.26 bits per heavy atom. The van der Waals surface area contributed by atoms with Gasteiger partial charge in [-0.1, -0.05) is 6.42 Å². The third kappa shape index (κ3) is 12.2. The summed E-state index contributed by atoms with van der Waals surface area (Å²) in [5.41, 5.74) is 6.89. The van der Waals surface area contributed by atoms with Gasteiger partial charge in [-0.2, -0.15) is 10.2 Å². The van der Waals surface area contributed by atoms with E-state index >= 15 is 0 Å². The van der Waals surface area contributed by atoms with Crippen molar-refractivity contribution in [2.45, 2.75) is 32.1 Å². The molecule has 0 atom stereocenters. The molecule has 0 fully saturated rings. The monoisotopic (exact) mass is 724 g/mol.